The van der Waals surface area contributed by atoms with Gasteiger partial charge < -0.3 is 8.80 Å². The van der Waals surface area contributed by atoms with Gasteiger partial charge in [0.05, 0.1) is 44.8 Å². The van der Waals surface area contributed by atoms with Crippen LogP contribution in [0.3, 0.4) is 0 Å². The Morgan fingerprint density at radius 3 is 0.962 bits per heavy atom. The highest BCUT2D eigenvalue weighted by molar-refractivity contribution is 5.82. The SMILES string of the molecule is CC.CC.CC.CC.Cc1nc(C)n2ccccc12.Cc1nc(C)n2ccccc12.Cc1nn(C)c2ccccc12.Cc1nn(C)c2ccccc12. The summed E-state index contributed by atoms with van der Waals surface area (Å²) in [5.41, 5.74) is 9.20. The van der Waals surface area contributed by atoms with Crippen LogP contribution in [0.2, 0.25) is 0 Å². The van der Waals surface area contributed by atoms with E-state index in [1.807, 2.05) is 181 Å². The zero-order valence-corrected chi connectivity index (χ0v) is 34.8. The number of fused-ring (bicyclic) bond motifs is 4. The van der Waals surface area contributed by atoms with E-state index in [9.17, 15) is 0 Å². The maximum Gasteiger partial charge on any atom is 0.110 e. The number of para-hydroxylation sites is 2. The first-order valence-corrected chi connectivity index (χ1v) is 18.7. The number of aryl methyl sites for hydroxylation is 8. The number of hydrogen-bond acceptors (Lipinski definition) is 4. The highest BCUT2D eigenvalue weighted by atomic mass is 15.3. The molecule has 2 aromatic carbocycles. The second-order valence-corrected chi connectivity index (χ2v) is 10.9. The van der Waals surface area contributed by atoms with Crippen LogP contribution >= 0.6 is 0 Å². The number of pyridine rings is 2. The molecule has 0 N–H and O–H groups in total. The first kappa shape index (κ1) is 44.8. The van der Waals surface area contributed by atoms with Crippen molar-refractivity contribution >= 4 is 32.8 Å². The van der Waals surface area contributed by atoms with Gasteiger partial charge >= 0.3 is 0 Å². The molecule has 0 bridgehead atoms. The van der Waals surface area contributed by atoms with Crippen LogP contribution in [-0.2, 0) is 14.1 Å². The van der Waals surface area contributed by atoms with Crippen molar-refractivity contribution in [1.29, 1.82) is 0 Å². The summed E-state index contributed by atoms with van der Waals surface area (Å²) < 4.78 is 8.00. The molecule has 0 atom stereocenters. The van der Waals surface area contributed by atoms with Gasteiger partial charge in [0.25, 0.3) is 0 Å². The van der Waals surface area contributed by atoms with Crippen LogP contribution in [0.15, 0.2) is 97.3 Å². The molecule has 0 saturated heterocycles. The predicted octanol–water partition coefficient (Wildman–Crippen LogP) is 11.8. The van der Waals surface area contributed by atoms with Crippen molar-refractivity contribution in [1.82, 2.24) is 38.3 Å². The molecule has 280 valence electrons. The molecular formula is C44H64N8. The fourth-order valence-electron chi connectivity index (χ4n) is 5.54. The quantitative estimate of drug-likeness (QED) is 0.158. The maximum absolute atomic E-state index is 4.35. The van der Waals surface area contributed by atoms with Crippen LogP contribution in [0.1, 0.15) is 89.8 Å². The molecule has 0 fully saturated rings. The van der Waals surface area contributed by atoms with Gasteiger partial charge in [-0.25, -0.2) is 9.97 Å². The Balaban J connectivity index is 0.000000325. The third-order valence-corrected chi connectivity index (χ3v) is 7.70. The van der Waals surface area contributed by atoms with Crippen LogP contribution in [0.25, 0.3) is 32.8 Å². The van der Waals surface area contributed by atoms with Gasteiger partial charge in [-0.1, -0.05) is 104 Å². The van der Waals surface area contributed by atoms with E-state index in [0.717, 1.165) is 34.4 Å². The molecular weight excluding hydrogens is 641 g/mol. The van der Waals surface area contributed by atoms with Crippen LogP contribution in [0.5, 0.6) is 0 Å². The molecule has 8 nitrogen and oxygen atoms in total. The minimum Gasteiger partial charge on any atom is -0.304 e. The first-order chi connectivity index (χ1) is 25.2. The van der Waals surface area contributed by atoms with Crippen molar-refractivity contribution in [2.45, 2.75) is 96.9 Å². The number of imidazole rings is 2. The van der Waals surface area contributed by atoms with Gasteiger partial charge in [-0.15, -0.1) is 0 Å². The maximum atomic E-state index is 4.35. The molecule has 8 heteroatoms. The zero-order chi connectivity index (χ0) is 39.4. The molecule has 0 aliphatic heterocycles. The normalized spacial score (nSPS) is 9.54. The van der Waals surface area contributed by atoms with Crippen molar-refractivity contribution in [3.05, 3.63) is 132 Å². The summed E-state index contributed by atoms with van der Waals surface area (Å²) in [5, 5.41) is 11.1. The molecule has 8 aromatic rings. The molecule has 0 spiro atoms. The van der Waals surface area contributed by atoms with E-state index in [-0.39, 0.29) is 0 Å². The second-order valence-electron chi connectivity index (χ2n) is 10.9. The molecule has 0 aliphatic rings. The minimum absolute atomic E-state index is 1.05. The van der Waals surface area contributed by atoms with Crippen molar-refractivity contribution in [3.63, 3.8) is 0 Å². The molecule has 0 radical (unpaired) electrons. The van der Waals surface area contributed by atoms with Crippen LogP contribution in [0, 0.1) is 41.5 Å². The molecule has 0 saturated carbocycles. The first-order valence-electron chi connectivity index (χ1n) is 18.7. The van der Waals surface area contributed by atoms with E-state index in [0.29, 0.717) is 0 Å². The van der Waals surface area contributed by atoms with Gasteiger partial charge in [0.2, 0.25) is 0 Å². The fraction of sp³-hybridized carbons (Fsp3) is 0.364. The molecule has 6 heterocycles. The zero-order valence-electron chi connectivity index (χ0n) is 34.8. The number of rotatable bonds is 0. The molecule has 0 unspecified atom stereocenters. The Morgan fingerprint density at radius 1 is 0.365 bits per heavy atom. The Morgan fingerprint density at radius 2 is 0.654 bits per heavy atom. The summed E-state index contributed by atoms with van der Waals surface area (Å²) in [5.74, 6) is 2.11. The van der Waals surface area contributed by atoms with Crippen LogP contribution in [0.4, 0.5) is 0 Å². The van der Waals surface area contributed by atoms with E-state index in [1.54, 1.807) is 0 Å². The van der Waals surface area contributed by atoms with Crippen molar-refractivity contribution < 1.29 is 0 Å². The summed E-state index contributed by atoms with van der Waals surface area (Å²) in [6.07, 6.45) is 4.06. The molecule has 0 amide bonds. The van der Waals surface area contributed by atoms with E-state index < -0.39 is 0 Å². The Labute approximate surface area is 313 Å². The van der Waals surface area contributed by atoms with Gasteiger partial charge in [0.15, 0.2) is 0 Å². The lowest BCUT2D eigenvalue weighted by molar-refractivity contribution is 0.783. The van der Waals surface area contributed by atoms with Gasteiger partial charge in [-0.3, -0.25) is 9.36 Å². The monoisotopic (exact) mass is 705 g/mol. The predicted molar refractivity (Wildman–Crippen MR) is 226 cm³/mol. The third-order valence-electron chi connectivity index (χ3n) is 7.70. The van der Waals surface area contributed by atoms with Crippen LogP contribution in [-0.4, -0.2) is 38.3 Å². The van der Waals surface area contributed by atoms with Gasteiger partial charge in [-0.2, -0.15) is 10.2 Å². The smallest absolute Gasteiger partial charge is 0.110 e. The van der Waals surface area contributed by atoms with Crippen molar-refractivity contribution in [2.75, 3.05) is 0 Å². The average molecular weight is 705 g/mol. The number of hydrogen-bond donors (Lipinski definition) is 0. The highest BCUT2D eigenvalue weighted by Crippen LogP contribution is 2.16. The standard InChI is InChI=1S/4C9H10N2.4C2H6/c2*1-7-8-5-3-4-6-9(8)11(2)10-7;2*1-7-9-5-3-4-6-11(9)8(2)10-7;4*1-2/h4*3-6H,1-2H3;4*1-2H3. The second kappa shape index (κ2) is 23.3. The molecule has 0 aliphatic carbocycles. The molecule has 52 heavy (non-hydrogen) atoms. The highest BCUT2D eigenvalue weighted by Gasteiger charge is 2.03. The molecule has 8 rings (SSSR count). The van der Waals surface area contributed by atoms with Gasteiger partial charge in [0, 0.05) is 37.3 Å². The number of nitrogens with zero attached hydrogens (tertiary/aromatic N) is 8. The van der Waals surface area contributed by atoms with Gasteiger partial charge in [-0.05, 0) is 77.9 Å². The van der Waals surface area contributed by atoms with E-state index in [4.69, 9.17) is 0 Å². The summed E-state index contributed by atoms with van der Waals surface area (Å²) in [6.45, 7) is 28.1. The fourth-order valence-corrected chi connectivity index (χ4v) is 5.54. The average Bonchev–Trinajstić information content (AvgIpc) is 3.88. The van der Waals surface area contributed by atoms with Crippen LogP contribution < -0.4 is 0 Å². The van der Waals surface area contributed by atoms with E-state index in [1.165, 1.54) is 32.8 Å². The van der Waals surface area contributed by atoms with Crippen molar-refractivity contribution in [2.24, 2.45) is 14.1 Å². The molecule has 6 aromatic heterocycles. The lowest BCUT2D eigenvalue weighted by Crippen LogP contribution is -1.88. The van der Waals surface area contributed by atoms with E-state index >= 15 is 0 Å². The topological polar surface area (TPSA) is 70.2 Å². The Bertz CT molecular complexity index is 1720. The summed E-state index contributed by atoms with van der Waals surface area (Å²) in [7, 11) is 3.94. The summed E-state index contributed by atoms with van der Waals surface area (Å²) in [6, 6.07) is 28.7. The number of benzene rings is 2. The lowest BCUT2D eigenvalue weighted by atomic mass is 10.2. The Hall–Kier alpha value is -5.24. The Kier molecular flexibility index (Phi) is 20.0. The minimum atomic E-state index is 1.05. The van der Waals surface area contributed by atoms with Crippen molar-refractivity contribution in [3.8, 4) is 0 Å². The largest absolute Gasteiger partial charge is 0.304 e. The number of aromatic nitrogens is 8. The van der Waals surface area contributed by atoms with Gasteiger partial charge in [0.1, 0.15) is 11.6 Å². The summed E-state index contributed by atoms with van der Waals surface area (Å²) >= 11 is 0. The third kappa shape index (κ3) is 11.4. The lowest BCUT2D eigenvalue weighted by Gasteiger charge is -1.92. The summed E-state index contributed by atoms with van der Waals surface area (Å²) in [4.78, 5) is 8.71. The van der Waals surface area contributed by atoms with E-state index in [2.05, 4.69) is 65.4 Å².